The fourth-order valence-corrected chi connectivity index (χ4v) is 4.42. The second kappa shape index (κ2) is 11.9. The minimum absolute atomic E-state index is 0.0744. The summed E-state index contributed by atoms with van der Waals surface area (Å²) in [4.78, 5) is 66.2. The highest BCUT2D eigenvalue weighted by atomic mass is 32.1. The van der Waals surface area contributed by atoms with Gasteiger partial charge in [0.05, 0.1) is 12.5 Å². The van der Waals surface area contributed by atoms with Gasteiger partial charge in [-0.05, 0) is 24.5 Å². The number of primary amides is 1. The number of nitrogens with one attached hydrogen (secondary N) is 3. The average molecular weight is 519 g/mol. The monoisotopic (exact) mass is 518 g/mol. The predicted octanol–water partition coefficient (Wildman–Crippen LogP) is -1.11. The van der Waals surface area contributed by atoms with Crippen molar-refractivity contribution in [2.75, 3.05) is 12.3 Å². The van der Waals surface area contributed by atoms with Crippen molar-refractivity contribution >= 4 is 53.1 Å². The van der Waals surface area contributed by atoms with Gasteiger partial charge in [0.2, 0.25) is 23.6 Å². The van der Waals surface area contributed by atoms with Crippen LogP contribution in [0, 0.1) is 0 Å². The zero-order valence-corrected chi connectivity index (χ0v) is 20.4. The first-order valence-electron chi connectivity index (χ1n) is 11.5. The van der Waals surface area contributed by atoms with Crippen LogP contribution < -0.4 is 22.1 Å². The van der Waals surface area contributed by atoms with Gasteiger partial charge in [-0.25, -0.2) is 4.79 Å². The number of thiol groups is 1. The third kappa shape index (κ3) is 6.34. The summed E-state index contributed by atoms with van der Waals surface area (Å²) in [6.07, 6.45) is 2.11. The van der Waals surface area contributed by atoms with Crippen LogP contribution in [0.15, 0.2) is 30.5 Å². The molecule has 0 aliphatic carbocycles. The van der Waals surface area contributed by atoms with Crippen LogP contribution in [0.25, 0.3) is 10.9 Å². The van der Waals surface area contributed by atoms with E-state index in [-0.39, 0.29) is 18.7 Å². The summed E-state index contributed by atoms with van der Waals surface area (Å²) in [5.41, 5.74) is 12.5. The highest BCUT2D eigenvalue weighted by Gasteiger charge is 2.39. The predicted molar refractivity (Wildman–Crippen MR) is 134 cm³/mol. The number of carbonyl (C=O) groups excluding carboxylic acids is 4. The van der Waals surface area contributed by atoms with E-state index in [1.54, 1.807) is 6.20 Å². The van der Waals surface area contributed by atoms with Gasteiger partial charge in [0.1, 0.15) is 18.1 Å². The van der Waals surface area contributed by atoms with Gasteiger partial charge in [-0.2, -0.15) is 12.6 Å². The number of para-hydroxylation sites is 1. The first kappa shape index (κ1) is 27.0. The number of hydrogen-bond donors (Lipinski definition) is 7. The van der Waals surface area contributed by atoms with Gasteiger partial charge in [-0.15, -0.1) is 0 Å². The Balaban J connectivity index is 1.83. The molecule has 1 aliphatic rings. The SMILES string of the molecule is NC(=O)CC(NC(=O)C1CCCN1C(=O)C(Cc1c[nH]c2ccccc12)NC(=O)C(N)CS)C(=O)O. The van der Waals surface area contributed by atoms with Gasteiger partial charge in [0, 0.05) is 35.8 Å². The number of aromatic nitrogens is 1. The number of carboxylic acid groups (broad SMARTS) is 1. The lowest BCUT2D eigenvalue weighted by Crippen LogP contribution is -2.57. The zero-order valence-electron chi connectivity index (χ0n) is 19.5. The van der Waals surface area contributed by atoms with Crippen molar-refractivity contribution in [1.29, 1.82) is 0 Å². The van der Waals surface area contributed by atoms with Crippen LogP contribution in [0.3, 0.4) is 0 Å². The van der Waals surface area contributed by atoms with Gasteiger partial charge < -0.3 is 37.1 Å². The fraction of sp³-hybridized carbons (Fsp3) is 0.435. The number of benzene rings is 1. The van der Waals surface area contributed by atoms with Gasteiger partial charge >= 0.3 is 5.97 Å². The van der Waals surface area contributed by atoms with Crippen LogP contribution in [0.5, 0.6) is 0 Å². The Morgan fingerprint density at radius 3 is 2.56 bits per heavy atom. The zero-order chi connectivity index (χ0) is 26.4. The summed E-state index contributed by atoms with van der Waals surface area (Å²) < 4.78 is 0. The summed E-state index contributed by atoms with van der Waals surface area (Å²) in [7, 11) is 0. The molecule has 0 spiro atoms. The molecule has 194 valence electrons. The van der Waals surface area contributed by atoms with E-state index < -0.39 is 60.2 Å². The molecule has 12 nitrogen and oxygen atoms in total. The number of nitrogens with zero attached hydrogens (tertiary/aromatic N) is 1. The quantitative estimate of drug-likeness (QED) is 0.183. The Labute approximate surface area is 212 Å². The number of fused-ring (bicyclic) bond motifs is 1. The highest BCUT2D eigenvalue weighted by Crippen LogP contribution is 2.23. The molecule has 36 heavy (non-hydrogen) atoms. The molecule has 1 aliphatic heterocycles. The Kier molecular flexibility index (Phi) is 8.93. The highest BCUT2D eigenvalue weighted by molar-refractivity contribution is 7.80. The number of aliphatic carboxylic acids is 1. The summed E-state index contributed by atoms with van der Waals surface area (Å²) in [5, 5.41) is 15.2. The van der Waals surface area contributed by atoms with Crippen LogP contribution in [0.1, 0.15) is 24.8 Å². The lowest BCUT2D eigenvalue weighted by atomic mass is 10.0. The van der Waals surface area contributed by atoms with Crippen LogP contribution in [0.2, 0.25) is 0 Å². The maximum atomic E-state index is 13.6. The number of carbonyl (C=O) groups is 5. The van der Waals surface area contributed by atoms with E-state index >= 15 is 0 Å². The van der Waals surface area contributed by atoms with Crippen molar-refractivity contribution in [3.63, 3.8) is 0 Å². The molecule has 1 aromatic carbocycles. The second-order valence-corrected chi connectivity index (χ2v) is 9.04. The third-order valence-electron chi connectivity index (χ3n) is 6.11. The molecule has 4 unspecified atom stereocenters. The van der Waals surface area contributed by atoms with E-state index in [1.165, 1.54) is 4.90 Å². The topological polar surface area (TPSA) is 201 Å². The normalized spacial score (nSPS) is 17.8. The van der Waals surface area contributed by atoms with E-state index in [0.29, 0.717) is 12.8 Å². The number of rotatable bonds is 11. The molecule has 1 saturated heterocycles. The minimum atomic E-state index is -1.51. The second-order valence-electron chi connectivity index (χ2n) is 8.67. The number of amides is 4. The molecule has 2 aromatic rings. The van der Waals surface area contributed by atoms with E-state index in [1.807, 2.05) is 24.3 Å². The van der Waals surface area contributed by atoms with E-state index in [0.717, 1.165) is 16.5 Å². The number of aromatic amines is 1. The van der Waals surface area contributed by atoms with Gasteiger partial charge in [0.15, 0.2) is 0 Å². The van der Waals surface area contributed by atoms with Crippen molar-refractivity contribution in [2.45, 2.75) is 49.9 Å². The maximum absolute atomic E-state index is 13.6. The summed E-state index contributed by atoms with van der Waals surface area (Å²) in [6.45, 7) is 0.239. The Bertz CT molecular complexity index is 1150. The first-order valence-corrected chi connectivity index (χ1v) is 12.1. The van der Waals surface area contributed by atoms with Crippen molar-refractivity contribution in [3.8, 4) is 0 Å². The molecule has 1 aromatic heterocycles. The molecule has 13 heteroatoms. The standard InChI is InChI=1S/C23H30N6O6S/c24-14(11-36)20(31)27-16(8-12-10-26-15-5-2-1-4-13(12)15)22(33)29-7-3-6-18(29)21(32)28-17(23(34)35)9-19(25)30/h1-2,4-5,10,14,16-18,26,36H,3,6-9,11,24H2,(H2,25,30)(H,27,31)(H,28,32)(H,34,35). The fourth-order valence-electron chi connectivity index (χ4n) is 4.25. The van der Waals surface area contributed by atoms with Gasteiger partial charge in [0.25, 0.3) is 0 Å². The van der Waals surface area contributed by atoms with Crippen molar-refractivity contribution in [3.05, 3.63) is 36.0 Å². The molecule has 8 N–H and O–H groups in total. The van der Waals surface area contributed by atoms with E-state index in [2.05, 4.69) is 28.2 Å². The van der Waals surface area contributed by atoms with Crippen LogP contribution in [0.4, 0.5) is 0 Å². The summed E-state index contributed by atoms with van der Waals surface area (Å²) in [5.74, 6) is -3.99. The summed E-state index contributed by atoms with van der Waals surface area (Å²) in [6, 6.07) is 3.06. The smallest absolute Gasteiger partial charge is 0.326 e. The molecule has 0 saturated carbocycles. The van der Waals surface area contributed by atoms with E-state index in [9.17, 15) is 29.1 Å². The Morgan fingerprint density at radius 2 is 1.89 bits per heavy atom. The van der Waals surface area contributed by atoms with Crippen molar-refractivity contribution < 1.29 is 29.1 Å². The Hall–Kier alpha value is -3.58. The molecule has 0 bridgehead atoms. The van der Waals surface area contributed by atoms with Crippen LogP contribution in [-0.4, -0.2) is 81.1 Å². The largest absolute Gasteiger partial charge is 0.480 e. The Morgan fingerprint density at radius 1 is 1.17 bits per heavy atom. The van der Waals surface area contributed by atoms with E-state index in [4.69, 9.17) is 11.5 Å². The third-order valence-corrected chi connectivity index (χ3v) is 6.50. The summed E-state index contributed by atoms with van der Waals surface area (Å²) >= 11 is 4.05. The number of H-pyrrole nitrogens is 1. The molecule has 4 amide bonds. The minimum Gasteiger partial charge on any atom is -0.480 e. The number of hydrogen-bond acceptors (Lipinski definition) is 7. The molecule has 4 atom stereocenters. The van der Waals surface area contributed by atoms with Crippen molar-refractivity contribution in [1.82, 2.24) is 20.5 Å². The van der Waals surface area contributed by atoms with Gasteiger partial charge in [-0.1, -0.05) is 18.2 Å². The number of likely N-dealkylation sites (tertiary alicyclic amines) is 1. The molecule has 2 heterocycles. The lowest BCUT2D eigenvalue weighted by molar-refractivity contribution is -0.145. The average Bonchev–Trinajstić information content (AvgIpc) is 3.49. The molecular weight excluding hydrogens is 488 g/mol. The first-order chi connectivity index (χ1) is 17.1. The molecular formula is C23H30N6O6S. The molecule has 0 radical (unpaired) electrons. The molecule has 3 rings (SSSR count). The van der Waals surface area contributed by atoms with Crippen LogP contribution in [-0.2, 0) is 30.4 Å². The maximum Gasteiger partial charge on any atom is 0.326 e. The van der Waals surface area contributed by atoms with Crippen LogP contribution >= 0.6 is 12.6 Å². The molecule has 1 fully saturated rings. The van der Waals surface area contributed by atoms with Gasteiger partial charge in [-0.3, -0.25) is 19.2 Å². The number of carboxylic acids is 1. The lowest BCUT2D eigenvalue weighted by Gasteiger charge is -2.30. The number of nitrogens with two attached hydrogens (primary N) is 2. The van der Waals surface area contributed by atoms with Crippen molar-refractivity contribution in [2.24, 2.45) is 11.5 Å².